The van der Waals surface area contributed by atoms with E-state index in [1.165, 1.54) is 0 Å². The smallest absolute Gasteiger partial charge is 0.317 e. The van der Waals surface area contributed by atoms with Gasteiger partial charge in [-0.3, -0.25) is 0 Å². The van der Waals surface area contributed by atoms with Gasteiger partial charge in [0.2, 0.25) is 0 Å². The van der Waals surface area contributed by atoms with E-state index < -0.39 is 15.1 Å². The highest BCUT2D eigenvalue weighted by atomic mass is 32.2. The van der Waals surface area contributed by atoms with Gasteiger partial charge in [-0.25, -0.2) is 13.2 Å². The Morgan fingerprint density at radius 3 is 2.42 bits per heavy atom. The van der Waals surface area contributed by atoms with Gasteiger partial charge in [0.15, 0.2) is 9.84 Å². The van der Waals surface area contributed by atoms with E-state index >= 15 is 0 Å². The fourth-order valence-electron chi connectivity index (χ4n) is 3.87. The molecule has 24 heavy (non-hydrogen) atoms. The number of amides is 2. The lowest BCUT2D eigenvalue weighted by Crippen LogP contribution is -2.53. The van der Waals surface area contributed by atoms with Crippen LogP contribution < -0.4 is 5.32 Å². The molecule has 0 radical (unpaired) electrons. The Labute approximate surface area is 143 Å². The van der Waals surface area contributed by atoms with E-state index in [0.29, 0.717) is 30.9 Å². The van der Waals surface area contributed by atoms with Crippen LogP contribution in [0.25, 0.3) is 0 Å². The summed E-state index contributed by atoms with van der Waals surface area (Å²) in [5.41, 5.74) is 0. The standard InChI is InChI=1S/C17H24N2O4S/c1-23-10-9-18-17(20)19-13-7-8-14(19)12-16(11-13)24(21,22)15-5-3-2-4-6-15/h2-6,13-14,16H,7-12H2,1H3,(H,18,20). The Morgan fingerprint density at radius 1 is 1.21 bits per heavy atom. The molecule has 2 fully saturated rings. The van der Waals surface area contributed by atoms with Crippen molar-refractivity contribution in [2.75, 3.05) is 20.3 Å². The second-order valence-corrected chi connectivity index (χ2v) is 8.70. The van der Waals surface area contributed by atoms with Gasteiger partial charge < -0.3 is 15.0 Å². The lowest BCUT2D eigenvalue weighted by molar-refractivity contribution is 0.142. The summed E-state index contributed by atoms with van der Waals surface area (Å²) >= 11 is 0. The molecule has 0 spiro atoms. The molecule has 2 aliphatic rings. The van der Waals surface area contributed by atoms with Crippen LogP contribution in [-0.2, 0) is 14.6 Å². The maximum Gasteiger partial charge on any atom is 0.317 e. The summed E-state index contributed by atoms with van der Waals surface area (Å²) in [6.07, 6.45) is 2.79. The maximum atomic E-state index is 12.9. The topological polar surface area (TPSA) is 75.7 Å². The highest BCUT2D eigenvalue weighted by Gasteiger charge is 2.47. The first-order valence-corrected chi connectivity index (χ1v) is 9.92. The van der Waals surface area contributed by atoms with Crippen molar-refractivity contribution < 1.29 is 17.9 Å². The predicted octanol–water partition coefficient (Wildman–Crippen LogP) is 1.81. The SMILES string of the molecule is COCCNC(=O)N1C2CCC1CC(S(=O)(=O)c1ccccc1)C2. The molecule has 2 heterocycles. The first-order valence-electron chi connectivity index (χ1n) is 8.38. The minimum atomic E-state index is -3.34. The van der Waals surface area contributed by atoms with Crippen LogP contribution >= 0.6 is 0 Å². The van der Waals surface area contributed by atoms with E-state index in [1.807, 2.05) is 11.0 Å². The highest BCUT2D eigenvalue weighted by molar-refractivity contribution is 7.92. The quantitative estimate of drug-likeness (QED) is 0.820. The molecule has 1 aromatic carbocycles. The van der Waals surface area contributed by atoms with Crippen molar-refractivity contribution >= 4 is 15.9 Å². The Hall–Kier alpha value is -1.60. The normalized spacial score (nSPS) is 26.4. The molecule has 1 aromatic rings. The van der Waals surface area contributed by atoms with Gasteiger partial charge in [0.05, 0.1) is 16.8 Å². The fourth-order valence-corrected chi connectivity index (χ4v) is 5.74. The van der Waals surface area contributed by atoms with Gasteiger partial charge in [-0.1, -0.05) is 18.2 Å². The number of nitrogens with one attached hydrogen (secondary N) is 1. The fraction of sp³-hybridized carbons (Fsp3) is 0.588. The minimum absolute atomic E-state index is 0.00906. The molecule has 6 nitrogen and oxygen atoms in total. The number of hydrogen-bond acceptors (Lipinski definition) is 4. The summed E-state index contributed by atoms with van der Waals surface area (Å²) in [6.45, 7) is 0.941. The van der Waals surface area contributed by atoms with Gasteiger partial charge in [0.25, 0.3) is 0 Å². The van der Waals surface area contributed by atoms with Crippen LogP contribution in [0.5, 0.6) is 0 Å². The Balaban J connectivity index is 1.70. The molecule has 7 heteroatoms. The Bertz CT molecular complexity index is 663. The van der Waals surface area contributed by atoms with Gasteiger partial charge in [-0.2, -0.15) is 0 Å². The number of methoxy groups -OCH3 is 1. The summed E-state index contributed by atoms with van der Waals surface area (Å²) in [5.74, 6) is 0. The average Bonchev–Trinajstić information content (AvgIpc) is 2.85. The molecular formula is C17H24N2O4S. The van der Waals surface area contributed by atoms with Crippen LogP contribution in [0.3, 0.4) is 0 Å². The molecule has 2 amide bonds. The molecule has 0 saturated carbocycles. The Morgan fingerprint density at radius 2 is 1.83 bits per heavy atom. The molecule has 2 unspecified atom stereocenters. The van der Waals surface area contributed by atoms with Crippen molar-refractivity contribution in [3.05, 3.63) is 30.3 Å². The number of sulfone groups is 1. The zero-order valence-corrected chi connectivity index (χ0v) is 14.7. The third kappa shape index (κ3) is 3.28. The van der Waals surface area contributed by atoms with E-state index in [2.05, 4.69) is 5.32 Å². The highest BCUT2D eigenvalue weighted by Crippen LogP contribution is 2.39. The summed E-state index contributed by atoms with van der Waals surface area (Å²) in [4.78, 5) is 14.6. The van der Waals surface area contributed by atoms with Crippen LogP contribution in [-0.4, -0.2) is 56.9 Å². The van der Waals surface area contributed by atoms with Crippen LogP contribution in [0.1, 0.15) is 25.7 Å². The van der Waals surface area contributed by atoms with Crippen molar-refractivity contribution in [1.82, 2.24) is 10.2 Å². The summed E-state index contributed by atoms with van der Waals surface area (Å²) < 4.78 is 30.7. The molecule has 1 N–H and O–H groups in total. The summed E-state index contributed by atoms with van der Waals surface area (Å²) in [5, 5.41) is 2.45. The molecule has 2 atom stereocenters. The van der Waals surface area contributed by atoms with E-state index in [4.69, 9.17) is 4.74 Å². The molecule has 0 aromatic heterocycles. The molecule has 2 aliphatic heterocycles. The van der Waals surface area contributed by atoms with E-state index in [9.17, 15) is 13.2 Å². The lowest BCUT2D eigenvalue weighted by Gasteiger charge is -2.38. The second kappa shape index (κ2) is 7.11. The van der Waals surface area contributed by atoms with Crippen molar-refractivity contribution in [3.8, 4) is 0 Å². The van der Waals surface area contributed by atoms with Crippen LogP contribution in [0.4, 0.5) is 4.79 Å². The number of urea groups is 1. The number of carbonyl (C=O) groups is 1. The minimum Gasteiger partial charge on any atom is -0.383 e. The molecule has 132 valence electrons. The molecule has 2 bridgehead atoms. The van der Waals surface area contributed by atoms with Crippen LogP contribution in [0.15, 0.2) is 35.2 Å². The van der Waals surface area contributed by atoms with Gasteiger partial charge in [0, 0.05) is 25.7 Å². The third-order valence-corrected chi connectivity index (χ3v) is 7.21. The van der Waals surface area contributed by atoms with Crippen molar-refractivity contribution in [3.63, 3.8) is 0 Å². The van der Waals surface area contributed by atoms with Gasteiger partial charge >= 0.3 is 6.03 Å². The van der Waals surface area contributed by atoms with Crippen molar-refractivity contribution in [2.24, 2.45) is 0 Å². The van der Waals surface area contributed by atoms with Gasteiger partial charge in [-0.15, -0.1) is 0 Å². The number of carbonyl (C=O) groups excluding carboxylic acids is 1. The summed E-state index contributed by atoms with van der Waals surface area (Å²) in [7, 11) is -1.74. The third-order valence-electron chi connectivity index (χ3n) is 5.02. The number of nitrogens with zero attached hydrogens (tertiary/aromatic N) is 1. The molecule has 0 aliphatic carbocycles. The molecular weight excluding hydrogens is 328 g/mol. The molecule has 3 rings (SSSR count). The molecule has 2 saturated heterocycles. The lowest BCUT2D eigenvalue weighted by atomic mass is 10.0. The van der Waals surface area contributed by atoms with E-state index in [1.54, 1.807) is 31.4 Å². The monoisotopic (exact) mass is 352 g/mol. The van der Waals surface area contributed by atoms with Gasteiger partial charge in [-0.05, 0) is 37.8 Å². The zero-order chi connectivity index (χ0) is 17.2. The maximum absolute atomic E-state index is 12.9. The number of ether oxygens (including phenoxy) is 1. The van der Waals surface area contributed by atoms with Crippen molar-refractivity contribution in [2.45, 2.75) is 47.9 Å². The first-order chi connectivity index (χ1) is 11.5. The number of hydrogen-bond donors (Lipinski definition) is 1. The largest absolute Gasteiger partial charge is 0.383 e. The second-order valence-electron chi connectivity index (χ2n) is 6.47. The van der Waals surface area contributed by atoms with Crippen LogP contribution in [0.2, 0.25) is 0 Å². The Kier molecular flexibility index (Phi) is 5.10. The van der Waals surface area contributed by atoms with E-state index in [0.717, 1.165) is 12.8 Å². The average molecular weight is 352 g/mol. The van der Waals surface area contributed by atoms with Crippen LogP contribution in [0, 0.1) is 0 Å². The zero-order valence-electron chi connectivity index (χ0n) is 13.8. The number of rotatable bonds is 5. The predicted molar refractivity (Wildman–Crippen MR) is 90.6 cm³/mol. The summed E-state index contributed by atoms with van der Waals surface area (Å²) in [6, 6.07) is 8.54. The van der Waals surface area contributed by atoms with Gasteiger partial charge in [0.1, 0.15) is 0 Å². The van der Waals surface area contributed by atoms with E-state index in [-0.39, 0.29) is 18.1 Å². The number of fused-ring (bicyclic) bond motifs is 2. The number of benzene rings is 1. The van der Waals surface area contributed by atoms with Crippen molar-refractivity contribution in [1.29, 1.82) is 0 Å². The first kappa shape index (κ1) is 17.2. The number of piperidine rings is 1.